The van der Waals surface area contributed by atoms with Crippen molar-refractivity contribution in [1.82, 2.24) is 14.0 Å². The first-order valence-electron chi connectivity index (χ1n) is 27.9. The van der Waals surface area contributed by atoms with Crippen LogP contribution in [0.5, 0.6) is 0 Å². The molecule has 0 atom stereocenters. The van der Waals surface area contributed by atoms with E-state index in [0.717, 1.165) is 106 Å². The highest BCUT2D eigenvalue weighted by Crippen LogP contribution is 2.63. The quantitative estimate of drug-likeness (QED) is 0.156. The third-order valence-corrected chi connectivity index (χ3v) is 17.7. The summed E-state index contributed by atoms with van der Waals surface area (Å²) in [7, 11) is 0. The van der Waals surface area contributed by atoms with E-state index in [4.69, 9.17) is 9.40 Å². The minimum Gasteiger partial charge on any atom is -0.455 e. The molecule has 16 aromatic rings. The van der Waals surface area contributed by atoms with Gasteiger partial charge < -0.3 is 9.32 Å². The molecule has 0 radical (unpaired) electrons. The van der Waals surface area contributed by atoms with Crippen LogP contribution in [0.3, 0.4) is 0 Å². The van der Waals surface area contributed by atoms with E-state index >= 15 is 0 Å². The van der Waals surface area contributed by atoms with Crippen LogP contribution in [-0.4, -0.2) is 14.0 Å². The van der Waals surface area contributed by atoms with Gasteiger partial charge in [-0.3, -0.25) is 8.97 Å². The summed E-state index contributed by atoms with van der Waals surface area (Å²) in [6, 6.07) is 102. The van der Waals surface area contributed by atoms with Gasteiger partial charge in [-0.15, -0.1) is 0 Å². The second kappa shape index (κ2) is 16.6. The standard InChI is InChI=1S/C76H46N4O/c1-2-17-50(18-3-1)79-70-44-37-49(45-64(70)72-75(79)80-69-31-14-9-23-60(69)55-19-4-5-25-63(55)74(80)77-72)47-33-38-51(39-34-47)78(52-40-35-48(36-41-52)54-26-16-27-62-61-24-10-15-32-71(61)81-73(54)62)53-42-43-59-58-22-8-13-30-67(58)76(68(59)46-53)65-28-11-6-20-56(65)57-21-7-12-29-66(57)76/h1-46H. The summed E-state index contributed by atoms with van der Waals surface area (Å²) in [5.74, 6) is 0. The Morgan fingerprint density at radius 1 is 0.346 bits per heavy atom. The Kier molecular flexibility index (Phi) is 9.09. The monoisotopic (exact) mass is 1030 g/mol. The molecule has 0 saturated heterocycles. The number of hydrogen-bond donors (Lipinski definition) is 0. The summed E-state index contributed by atoms with van der Waals surface area (Å²) in [4.78, 5) is 8.00. The Morgan fingerprint density at radius 3 is 1.60 bits per heavy atom. The Morgan fingerprint density at radius 2 is 0.889 bits per heavy atom. The number of imidazole rings is 1. The summed E-state index contributed by atoms with van der Waals surface area (Å²) in [5.41, 5.74) is 25.7. The molecule has 81 heavy (non-hydrogen) atoms. The lowest BCUT2D eigenvalue weighted by molar-refractivity contribution is 0.670. The topological polar surface area (TPSA) is 38.6 Å². The molecule has 18 rings (SSSR count). The maximum absolute atomic E-state index is 6.56. The molecule has 0 saturated carbocycles. The molecule has 0 bridgehead atoms. The molecular weight excluding hydrogens is 985 g/mol. The minimum absolute atomic E-state index is 0.482. The fourth-order valence-electron chi connectivity index (χ4n) is 14.3. The Hall–Kier alpha value is -10.8. The smallest absolute Gasteiger partial charge is 0.151 e. The van der Waals surface area contributed by atoms with E-state index in [1.165, 1.54) is 55.3 Å². The van der Waals surface area contributed by atoms with Crippen LogP contribution in [0.1, 0.15) is 22.3 Å². The molecule has 0 fully saturated rings. The van der Waals surface area contributed by atoms with Crippen molar-refractivity contribution in [3.63, 3.8) is 0 Å². The van der Waals surface area contributed by atoms with Gasteiger partial charge in [-0.1, -0.05) is 206 Å². The number of furan rings is 1. The van der Waals surface area contributed by atoms with Crippen LogP contribution in [0.25, 0.3) is 122 Å². The van der Waals surface area contributed by atoms with E-state index in [-0.39, 0.29) is 0 Å². The fourth-order valence-corrected chi connectivity index (χ4v) is 14.3. The third kappa shape index (κ3) is 6.06. The van der Waals surface area contributed by atoms with Crippen molar-refractivity contribution >= 4 is 88.4 Å². The number of hydrogen-bond acceptors (Lipinski definition) is 3. The molecular formula is C76H46N4O. The van der Waals surface area contributed by atoms with Crippen molar-refractivity contribution in [2.45, 2.75) is 5.41 Å². The van der Waals surface area contributed by atoms with Gasteiger partial charge in [0.25, 0.3) is 0 Å². The van der Waals surface area contributed by atoms with Crippen molar-refractivity contribution in [2.24, 2.45) is 0 Å². The Labute approximate surface area is 466 Å². The average molecular weight is 1030 g/mol. The number of fused-ring (bicyclic) bond motifs is 23. The molecule has 4 aromatic heterocycles. The minimum atomic E-state index is -0.482. The van der Waals surface area contributed by atoms with E-state index in [2.05, 4.69) is 287 Å². The molecule has 2 aliphatic carbocycles. The summed E-state index contributed by atoms with van der Waals surface area (Å²) in [6.07, 6.45) is 0. The lowest BCUT2D eigenvalue weighted by atomic mass is 9.70. The zero-order valence-electron chi connectivity index (χ0n) is 43.8. The van der Waals surface area contributed by atoms with Gasteiger partial charge in [0.2, 0.25) is 0 Å². The molecule has 376 valence electrons. The predicted octanol–water partition coefficient (Wildman–Crippen LogP) is 19.8. The van der Waals surface area contributed by atoms with Crippen molar-refractivity contribution in [3.8, 4) is 50.2 Å². The van der Waals surface area contributed by atoms with Crippen molar-refractivity contribution in [1.29, 1.82) is 0 Å². The molecule has 0 N–H and O–H groups in total. The van der Waals surface area contributed by atoms with Crippen molar-refractivity contribution in [2.75, 3.05) is 4.90 Å². The molecule has 0 amide bonds. The first-order valence-corrected chi connectivity index (χ1v) is 27.9. The van der Waals surface area contributed by atoms with Crippen LogP contribution < -0.4 is 4.90 Å². The third-order valence-electron chi connectivity index (χ3n) is 17.7. The van der Waals surface area contributed by atoms with Gasteiger partial charge in [0, 0.05) is 55.2 Å². The van der Waals surface area contributed by atoms with Gasteiger partial charge in [0.15, 0.2) is 5.65 Å². The number of pyridine rings is 1. The molecule has 0 unspecified atom stereocenters. The van der Waals surface area contributed by atoms with Crippen molar-refractivity contribution in [3.05, 3.63) is 301 Å². The van der Waals surface area contributed by atoms with E-state index in [1.54, 1.807) is 0 Å². The lowest BCUT2D eigenvalue weighted by Gasteiger charge is -2.32. The highest BCUT2D eigenvalue weighted by molar-refractivity contribution is 6.17. The molecule has 5 heteroatoms. The number of anilines is 3. The zero-order chi connectivity index (χ0) is 52.9. The van der Waals surface area contributed by atoms with E-state index < -0.39 is 5.41 Å². The van der Waals surface area contributed by atoms with Crippen LogP contribution in [0, 0.1) is 0 Å². The number of aromatic nitrogens is 3. The average Bonchev–Trinajstić information content (AvgIpc) is 3.74. The molecule has 1 spiro atoms. The number of nitrogens with zero attached hydrogens (tertiary/aromatic N) is 4. The van der Waals surface area contributed by atoms with Gasteiger partial charge in [-0.25, -0.2) is 4.98 Å². The first-order chi connectivity index (χ1) is 40.2. The molecule has 4 heterocycles. The first kappa shape index (κ1) is 44.3. The van der Waals surface area contributed by atoms with Crippen LogP contribution in [-0.2, 0) is 5.41 Å². The molecule has 12 aromatic carbocycles. The fraction of sp³-hybridized carbons (Fsp3) is 0.0132. The Balaban J connectivity index is 0.815. The van der Waals surface area contributed by atoms with Crippen LogP contribution in [0.2, 0.25) is 0 Å². The van der Waals surface area contributed by atoms with E-state index in [1.807, 2.05) is 6.07 Å². The van der Waals surface area contributed by atoms with E-state index in [0.29, 0.717) is 0 Å². The van der Waals surface area contributed by atoms with E-state index in [9.17, 15) is 0 Å². The maximum atomic E-state index is 6.56. The predicted molar refractivity (Wildman–Crippen MR) is 334 cm³/mol. The second-order valence-corrected chi connectivity index (χ2v) is 21.7. The molecule has 2 aliphatic rings. The van der Waals surface area contributed by atoms with Gasteiger partial charge in [0.05, 0.1) is 16.4 Å². The zero-order valence-corrected chi connectivity index (χ0v) is 43.8. The summed E-state index contributed by atoms with van der Waals surface area (Å²) in [5, 5.41) is 6.89. The number of rotatable bonds is 6. The summed E-state index contributed by atoms with van der Waals surface area (Å²) in [6.45, 7) is 0. The second-order valence-electron chi connectivity index (χ2n) is 21.7. The highest BCUT2D eigenvalue weighted by Gasteiger charge is 2.51. The number of benzene rings is 12. The summed E-state index contributed by atoms with van der Waals surface area (Å²) >= 11 is 0. The normalized spacial score (nSPS) is 13.0. The molecule has 5 nitrogen and oxygen atoms in total. The number of para-hydroxylation sites is 4. The highest BCUT2D eigenvalue weighted by atomic mass is 16.3. The van der Waals surface area contributed by atoms with Crippen LogP contribution >= 0.6 is 0 Å². The van der Waals surface area contributed by atoms with Crippen LogP contribution in [0.15, 0.2) is 283 Å². The largest absolute Gasteiger partial charge is 0.455 e. The maximum Gasteiger partial charge on any atom is 0.151 e. The van der Waals surface area contributed by atoms with Crippen LogP contribution in [0.4, 0.5) is 17.1 Å². The van der Waals surface area contributed by atoms with Crippen molar-refractivity contribution < 1.29 is 4.42 Å². The van der Waals surface area contributed by atoms with Gasteiger partial charge in [0.1, 0.15) is 22.3 Å². The van der Waals surface area contributed by atoms with Gasteiger partial charge in [-0.2, -0.15) is 0 Å². The molecule has 0 aliphatic heterocycles. The van der Waals surface area contributed by atoms with Gasteiger partial charge in [-0.05, 0) is 139 Å². The summed E-state index contributed by atoms with van der Waals surface area (Å²) < 4.78 is 11.3. The van der Waals surface area contributed by atoms with Gasteiger partial charge >= 0.3 is 0 Å². The lowest BCUT2D eigenvalue weighted by Crippen LogP contribution is -2.26. The Bertz CT molecular complexity index is 5230. The SMILES string of the molecule is c1ccc(-n2c3ccc(-c4ccc(N(c5ccc(-c6cccc7c6oc6ccccc67)cc5)c5ccc6c(c5)C5(c7ccccc7-c7ccccc75)c5ccccc5-6)cc4)cc3c3nc4c5ccccc5c5ccccc5n4c32)cc1.